The Morgan fingerprint density at radius 2 is 0.824 bits per heavy atom. The molecule has 0 amide bonds. The molecule has 17 heavy (non-hydrogen) atoms. The van der Waals surface area contributed by atoms with Crippen molar-refractivity contribution in [3.05, 3.63) is 35.4 Å². The van der Waals surface area contributed by atoms with Crippen LogP contribution in [0.3, 0.4) is 0 Å². The van der Waals surface area contributed by atoms with Crippen LogP contribution < -0.4 is 0 Å². The highest BCUT2D eigenvalue weighted by Crippen LogP contribution is 2.18. The first-order valence-electron chi connectivity index (χ1n) is 7.53. The van der Waals surface area contributed by atoms with Gasteiger partial charge in [-0.3, -0.25) is 0 Å². The fraction of sp³-hybridized carbons (Fsp3) is 0.647. The third kappa shape index (κ3) is 4.53. The summed E-state index contributed by atoms with van der Waals surface area (Å²) in [6.45, 7) is 0. The van der Waals surface area contributed by atoms with Gasteiger partial charge in [0.25, 0.3) is 0 Å². The van der Waals surface area contributed by atoms with Crippen molar-refractivity contribution in [1.29, 1.82) is 0 Å². The van der Waals surface area contributed by atoms with Crippen LogP contribution in [-0.2, 0) is 12.8 Å². The van der Waals surface area contributed by atoms with Gasteiger partial charge in [-0.1, -0.05) is 69.2 Å². The highest BCUT2D eigenvalue weighted by molar-refractivity contribution is 5.27. The first-order chi connectivity index (χ1) is 8.47. The molecule has 1 aliphatic carbocycles. The molecular weight excluding hydrogens is 204 g/mol. The van der Waals surface area contributed by atoms with E-state index in [0.29, 0.717) is 0 Å². The maximum Gasteiger partial charge on any atom is -0.0276 e. The van der Waals surface area contributed by atoms with Crippen LogP contribution in [0.25, 0.3) is 0 Å². The largest absolute Gasteiger partial charge is 0.0620 e. The highest BCUT2D eigenvalue weighted by atomic mass is 14.1. The van der Waals surface area contributed by atoms with Crippen LogP contribution in [0.15, 0.2) is 24.3 Å². The van der Waals surface area contributed by atoms with E-state index < -0.39 is 0 Å². The average Bonchev–Trinajstić information content (AvgIpc) is 2.38. The van der Waals surface area contributed by atoms with Crippen LogP contribution in [0, 0.1) is 0 Å². The zero-order chi connectivity index (χ0) is 11.8. The van der Waals surface area contributed by atoms with Gasteiger partial charge in [-0.15, -0.1) is 0 Å². The Morgan fingerprint density at radius 3 is 1.24 bits per heavy atom. The second-order valence-electron chi connectivity index (χ2n) is 5.45. The lowest BCUT2D eigenvalue weighted by Gasteiger charge is -2.08. The van der Waals surface area contributed by atoms with E-state index in [0.717, 1.165) is 0 Å². The van der Waals surface area contributed by atoms with E-state index in [1.54, 1.807) is 11.1 Å². The van der Waals surface area contributed by atoms with E-state index in [2.05, 4.69) is 24.3 Å². The van der Waals surface area contributed by atoms with Gasteiger partial charge < -0.3 is 0 Å². The summed E-state index contributed by atoms with van der Waals surface area (Å²) >= 11 is 0. The predicted molar refractivity (Wildman–Crippen MR) is 75.4 cm³/mol. The monoisotopic (exact) mass is 230 g/mol. The first-order valence-corrected chi connectivity index (χ1v) is 7.53. The second kappa shape index (κ2) is 7.53. The van der Waals surface area contributed by atoms with Crippen LogP contribution in [0.4, 0.5) is 0 Å². The standard InChI is InChI=1S/C17H26/c1-2-4-6-8-12-16-14-10-11-15-17(16)13-9-7-5-3-1/h10-11,14-15H,1-9,12-13H2. The fourth-order valence-electron chi connectivity index (χ4n) is 2.91. The van der Waals surface area contributed by atoms with Crippen molar-refractivity contribution in [2.24, 2.45) is 0 Å². The normalized spacial score (nSPS) is 19.5. The van der Waals surface area contributed by atoms with E-state index >= 15 is 0 Å². The molecule has 0 aromatic heterocycles. The van der Waals surface area contributed by atoms with Gasteiger partial charge >= 0.3 is 0 Å². The Balaban J connectivity index is 1.95. The number of hydrogen-bond donors (Lipinski definition) is 0. The minimum atomic E-state index is 1.30. The number of aryl methyl sites for hydroxylation is 2. The van der Waals surface area contributed by atoms with Crippen molar-refractivity contribution in [3.8, 4) is 0 Å². The molecule has 0 fully saturated rings. The van der Waals surface area contributed by atoms with Gasteiger partial charge in [-0.25, -0.2) is 0 Å². The topological polar surface area (TPSA) is 0 Å². The van der Waals surface area contributed by atoms with Crippen LogP contribution in [0.5, 0.6) is 0 Å². The molecule has 0 radical (unpaired) electrons. The van der Waals surface area contributed by atoms with Gasteiger partial charge in [0, 0.05) is 0 Å². The molecule has 0 saturated carbocycles. The zero-order valence-electron chi connectivity index (χ0n) is 11.1. The van der Waals surface area contributed by atoms with Gasteiger partial charge in [0.05, 0.1) is 0 Å². The van der Waals surface area contributed by atoms with Crippen LogP contribution in [-0.4, -0.2) is 0 Å². The molecule has 0 heterocycles. The SMILES string of the molecule is c1ccc2c(c1)CCCCCCCCCCC2. The molecule has 2 rings (SSSR count). The minimum Gasteiger partial charge on any atom is -0.0620 e. The van der Waals surface area contributed by atoms with Gasteiger partial charge in [0.2, 0.25) is 0 Å². The summed E-state index contributed by atoms with van der Waals surface area (Å²) in [5, 5.41) is 0. The smallest absolute Gasteiger partial charge is 0.0276 e. The van der Waals surface area contributed by atoms with Crippen molar-refractivity contribution in [3.63, 3.8) is 0 Å². The van der Waals surface area contributed by atoms with E-state index in [1.165, 1.54) is 70.6 Å². The van der Waals surface area contributed by atoms with Crippen molar-refractivity contribution >= 4 is 0 Å². The summed E-state index contributed by atoms with van der Waals surface area (Å²) in [4.78, 5) is 0. The number of hydrogen-bond acceptors (Lipinski definition) is 0. The predicted octanol–water partition coefficient (Wildman–Crippen LogP) is 5.30. The van der Waals surface area contributed by atoms with Crippen molar-refractivity contribution in [2.75, 3.05) is 0 Å². The Bertz CT molecular complexity index is 283. The fourth-order valence-corrected chi connectivity index (χ4v) is 2.91. The average molecular weight is 230 g/mol. The second-order valence-corrected chi connectivity index (χ2v) is 5.45. The van der Waals surface area contributed by atoms with Gasteiger partial charge in [0.15, 0.2) is 0 Å². The lowest BCUT2D eigenvalue weighted by Crippen LogP contribution is -1.94. The molecule has 0 unspecified atom stereocenters. The van der Waals surface area contributed by atoms with E-state index in [4.69, 9.17) is 0 Å². The molecular formula is C17H26. The van der Waals surface area contributed by atoms with E-state index in [9.17, 15) is 0 Å². The molecule has 1 aromatic rings. The number of benzene rings is 1. The van der Waals surface area contributed by atoms with E-state index in [-0.39, 0.29) is 0 Å². The van der Waals surface area contributed by atoms with Gasteiger partial charge in [0.1, 0.15) is 0 Å². The van der Waals surface area contributed by atoms with Crippen LogP contribution in [0.1, 0.15) is 68.9 Å². The Morgan fingerprint density at radius 1 is 0.471 bits per heavy atom. The Hall–Kier alpha value is -0.780. The van der Waals surface area contributed by atoms with Crippen LogP contribution >= 0.6 is 0 Å². The summed E-state index contributed by atoms with van der Waals surface area (Å²) in [5.74, 6) is 0. The molecule has 0 nitrogen and oxygen atoms in total. The summed E-state index contributed by atoms with van der Waals surface area (Å²) in [7, 11) is 0. The molecule has 1 aliphatic rings. The minimum absolute atomic E-state index is 1.30. The molecule has 0 heteroatoms. The molecule has 1 aromatic carbocycles. The molecule has 0 spiro atoms. The first kappa shape index (κ1) is 12.7. The molecule has 0 saturated heterocycles. The van der Waals surface area contributed by atoms with Gasteiger partial charge in [-0.05, 0) is 36.8 Å². The lowest BCUT2D eigenvalue weighted by molar-refractivity contribution is 0.564. The third-order valence-electron chi connectivity index (χ3n) is 4.01. The summed E-state index contributed by atoms with van der Waals surface area (Å²) in [6, 6.07) is 9.10. The Kier molecular flexibility index (Phi) is 5.61. The third-order valence-corrected chi connectivity index (χ3v) is 4.01. The van der Waals surface area contributed by atoms with Gasteiger partial charge in [-0.2, -0.15) is 0 Å². The Labute approximate surface area is 106 Å². The summed E-state index contributed by atoms with van der Waals surface area (Å²) < 4.78 is 0. The van der Waals surface area contributed by atoms with Crippen LogP contribution in [0.2, 0.25) is 0 Å². The number of fused-ring (bicyclic) bond motifs is 1. The molecule has 0 N–H and O–H groups in total. The van der Waals surface area contributed by atoms with Crippen molar-refractivity contribution in [2.45, 2.75) is 70.6 Å². The maximum absolute atomic E-state index is 2.34. The van der Waals surface area contributed by atoms with Crippen molar-refractivity contribution < 1.29 is 0 Å². The molecule has 0 bridgehead atoms. The maximum atomic E-state index is 2.34. The molecule has 0 aliphatic heterocycles. The van der Waals surface area contributed by atoms with E-state index in [1.807, 2.05) is 0 Å². The molecule has 94 valence electrons. The summed E-state index contributed by atoms with van der Waals surface area (Å²) in [5.41, 5.74) is 3.23. The zero-order valence-corrected chi connectivity index (χ0v) is 11.1. The quantitative estimate of drug-likeness (QED) is 0.567. The highest BCUT2D eigenvalue weighted by Gasteiger charge is 2.03. The number of rotatable bonds is 0. The van der Waals surface area contributed by atoms with Crippen molar-refractivity contribution in [1.82, 2.24) is 0 Å². The lowest BCUT2D eigenvalue weighted by atomic mass is 9.97. The summed E-state index contributed by atoms with van der Waals surface area (Å²) in [6.07, 6.45) is 15.5. The molecule has 0 atom stereocenters.